The predicted octanol–water partition coefficient (Wildman–Crippen LogP) is 0.439. The molecule has 13 heavy (non-hydrogen) atoms. The number of hydrogen-bond donors (Lipinski definition) is 3. The molecule has 0 spiro atoms. The Labute approximate surface area is 78.9 Å². The highest BCUT2D eigenvalue weighted by atomic mass is 16.4. The first-order chi connectivity index (χ1) is 6.15. The molecule has 72 valence electrons. The summed E-state index contributed by atoms with van der Waals surface area (Å²) in [5, 5.41) is 26.4. The summed E-state index contributed by atoms with van der Waals surface area (Å²) in [6, 6.07) is 0. The Morgan fingerprint density at radius 2 is 2.08 bits per heavy atom. The van der Waals surface area contributed by atoms with Crippen LogP contribution in [0, 0.1) is 0 Å². The minimum absolute atomic E-state index is 0.0438. The summed E-state index contributed by atoms with van der Waals surface area (Å²) in [5.41, 5.74) is 1.19. The predicted molar refractivity (Wildman–Crippen MR) is 53.9 cm³/mol. The van der Waals surface area contributed by atoms with E-state index in [1.807, 2.05) is 13.0 Å². The molecule has 0 aliphatic carbocycles. The fourth-order valence-corrected chi connectivity index (χ4v) is 0.882. The Kier molecular flexibility index (Phi) is 6.23. The van der Waals surface area contributed by atoms with Gasteiger partial charge in [-0.1, -0.05) is 30.4 Å². The van der Waals surface area contributed by atoms with Crippen LogP contribution in [0.5, 0.6) is 0 Å². The second kappa shape index (κ2) is 6.66. The molecule has 0 bridgehead atoms. The van der Waals surface area contributed by atoms with Gasteiger partial charge < -0.3 is 15.2 Å². The van der Waals surface area contributed by atoms with Gasteiger partial charge in [-0.05, 0) is 18.8 Å². The van der Waals surface area contributed by atoms with Gasteiger partial charge in [0.15, 0.2) is 0 Å². The van der Waals surface area contributed by atoms with Gasteiger partial charge >= 0.3 is 7.12 Å². The van der Waals surface area contributed by atoms with Crippen LogP contribution >= 0.6 is 0 Å². The Hall–Kier alpha value is -0.835. The molecular weight excluding hydrogens is 167 g/mol. The van der Waals surface area contributed by atoms with Crippen LogP contribution in [0.1, 0.15) is 13.3 Å². The first-order valence-electron chi connectivity index (χ1n) is 4.12. The highest BCUT2D eigenvalue weighted by molar-refractivity contribution is 6.51. The van der Waals surface area contributed by atoms with Crippen LogP contribution in [0.25, 0.3) is 0 Å². The minimum atomic E-state index is -1.51. The summed E-state index contributed by atoms with van der Waals surface area (Å²) in [4.78, 5) is 0. The Bertz CT molecular complexity index is 219. The molecule has 4 heteroatoms. The molecule has 3 nitrogen and oxygen atoms in total. The SMILES string of the molecule is C=C/C(=C\C(=C/C)CCO)B(O)O. The first kappa shape index (κ1) is 12.2. The van der Waals surface area contributed by atoms with Crippen LogP contribution in [0.4, 0.5) is 0 Å². The van der Waals surface area contributed by atoms with Crippen molar-refractivity contribution in [2.75, 3.05) is 6.61 Å². The van der Waals surface area contributed by atoms with E-state index in [0.717, 1.165) is 5.57 Å². The van der Waals surface area contributed by atoms with E-state index in [4.69, 9.17) is 15.2 Å². The van der Waals surface area contributed by atoms with Gasteiger partial charge in [0.1, 0.15) is 0 Å². The van der Waals surface area contributed by atoms with Gasteiger partial charge in [0.2, 0.25) is 0 Å². The summed E-state index contributed by atoms with van der Waals surface area (Å²) in [6.07, 6.45) is 5.29. The highest BCUT2D eigenvalue weighted by Crippen LogP contribution is 2.08. The zero-order valence-electron chi connectivity index (χ0n) is 7.77. The summed E-state index contributed by atoms with van der Waals surface area (Å²) >= 11 is 0. The zero-order valence-corrected chi connectivity index (χ0v) is 7.77. The van der Waals surface area contributed by atoms with E-state index in [2.05, 4.69) is 6.58 Å². The van der Waals surface area contributed by atoms with E-state index in [1.165, 1.54) is 6.08 Å². The molecular formula is C9H15BO3. The van der Waals surface area contributed by atoms with Crippen molar-refractivity contribution in [2.24, 2.45) is 0 Å². The molecule has 0 unspecified atom stereocenters. The Balaban J connectivity index is 4.55. The third-order valence-electron chi connectivity index (χ3n) is 1.66. The van der Waals surface area contributed by atoms with E-state index in [1.54, 1.807) is 6.08 Å². The van der Waals surface area contributed by atoms with Gasteiger partial charge in [-0.25, -0.2) is 0 Å². The largest absolute Gasteiger partial charge is 0.488 e. The summed E-state index contributed by atoms with van der Waals surface area (Å²) < 4.78 is 0. The second-order valence-corrected chi connectivity index (χ2v) is 2.56. The van der Waals surface area contributed by atoms with Crippen molar-refractivity contribution in [3.8, 4) is 0 Å². The van der Waals surface area contributed by atoms with Crippen LogP contribution in [-0.4, -0.2) is 28.9 Å². The van der Waals surface area contributed by atoms with Crippen molar-refractivity contribution < 1.29 is 15.2 Å². The maximum Gasteiger partial charge on any atom is 0.488 e. The van der Waals surface area contributed by atoms with Gasteiger partial charge in [0.25, 0.3) is 0 Å². The number of rotatable bonds is 5. The van der Waals surface area contributed by atoms with E-state index >= 15 is 0 Å². The zero-order chi connectivity index (χ0) is 10.3. The van der Waals surface area contributed by atoms with Crippen LogP contribution in [0.15, 0.2) is 35.9 Å². The Morgan fingerprint density at radius 3 is 2.38 bits per heavy atom. The van der Waals surface area contributed by atoms with Crippen LogP contribution in [-0.2, 0) is 0 Å². The fraction of sp³-hybridized carbons (Fsp3) is 0.333. The lowest BCUT2D eigenvalue weighted by molar-refractivity contribution is 0.300. The molecule has 0 atom stereocenters. The minimum Gasteiger partial charge on any atom is -0.423 e. The topological polar surface area (TPSA) is 60.7 Å². The molecule has 0 heterocycles. The van der Waals surface area contributed by atoms with Crippen molar-refractivity contribution in [3.63, 3.8) is 0 Å². The molecule has 0 aromatic carbocycles. The molecule has 0 aromatic heterocycles. The summed E-state index contributed by atoms with van der Waals surface area (Å²) in [5.74, 6) is 0. The van der Waals surface area contributed by atoms with E-state index in [9.17, 15) is 0 Å². The van der Waals surface area contributed by atoms with Crippen molar-refractivity contribution in [1.82, 2.24) is 0 Å². The quantitative estimate of drug-likeness (QED) is 0.427. The third kappa shape index (κ3) is 4.67. The van der Waals surface area contributed by atoms with E-state index < -0.39 is 7.12 Å². The molecule has 0 aliphatic rings. The third-order valence-corrected chi connectivity index (χ3v) is 1.66. The number of hydrogen-bond acceptors (Lipinski definition) is 3. The van der Waals surface area contributed by atoms with Crippen molar-refractivity contribution in [1.29, 1.82) is 0 Å². The van der Waals surface area contributed by atoms with Gasteiger partial charge in [0.05, 0.1) is 0 Å². The molecule has 0 rings (SSSR count). The number of aliphatic hydroxyl groups is 1. The smallest absolute Gasteiger partial charge is 0.423 e. The lowest BCUT2D eigenvalue weighted by Crippen LogP contribution is -2.13. The molecule has 0 amide bonds. The molecule has 0 saturated carbocycles. The monoisotopic (exact) mass is 182 g/mol. The number of aliphatic hydroxyl groups excluding tert-OH is 1. The van der Waals surface area contributed by atoms with E-state index in [0.29, 0.717) is 11.9 Å². The average molecular weight is 182 g/mol. The van der Waals surface area contributed by atoms with Crippen molar-refractivity contribution >= 4 is 7.12 Å². The normalized spacial score (nSPS) is 12.9. The van der Waals surface area contributed by atoms with Crippen molar-refractivity contribution in [3.05, 3.63) is 35.9 Å². The van der Waals surface area contributed by atoms with Crippen molar-refractivity contribution in [2.45, 2.75) is 13.3 Å². The fourth-order valence-electron chi connectivity index (χ4n) is 0.882. The molecule has 3 N–H and O–H groups in total. The van der Waals surface area contributed by atoms with E-state index in [-0.39, 0.29) is 6.61 Å². The standard InChI is InChI=1S/C9H15BO3/c1-3-8(5-6-11)7-9(4-2)10(12)13/h3-4,7,11-13H,2,5-6H2,1H3/b8-3-,9-7+. The number of allylic oxidation sites excluding steroid dienone is 4. The van der Waals surface area contributed by atoms with Gasteiger partial charge in [-0.3, -0.25) is 0 Å². The lowest BCUT2D eigenvalue weighted by Gasteiger charge is -2.02. The first-order valence-corrected chi connectivity index (χ1v) is 4.12. The van der Waals surface area contributed by atoms with Crippen LogP contribution in [0.3, 0.4) is 0 Å². The molecule has 0 fully saturated rings. The molecule has 0 aliphatic heterocycles. The summed E-state index contributed by atoms with van der Waals surface area (Å²) in [6.45, 7) is 5.32. The highest BCUT2D eigenvalue weighted by Gasteiger charge is 2.10. The van der Waals surface area contributed by atoms with Crippen LogP contribution in [0.2, 0.25) is 0 Å². The van der Waals surface area contributed by atoms with Gasteiger partial charge in [0, 0.05) is 6.61 Å². The molecule has 0 radical (unpaired) electrons. The molecule has 0 saturated heterocycles. The second-order valence-electron chi connectivity index (χ2n) is 2.56. The Morgan fingerprint density at radius 1 is 1.46 bits per heavy atom. The van der Waals surface area contributed by atoms with Gasteiger partial charge in [-0.15, -0.1) is 0 Å². The van der Waals surface area contributed by atoms with Crippen LogP contribution < -0.4 is 0 Å². The average Bonchev–Trinajstić information content (AvgIpc) is 2.11. The molecule has 0 aromatic rings. The maximum absolute atomic E-state index is 8.85. The van der Waals surface area contributed by atoms with Gasteiger partial charge in [-0.2, -0.15) is 0 Å². The summed E-state index contributed by atoms with van der Waals surface area (Å²) in [7, 11) is -1.51. The lowest BCUT2D eigenvalue weighted by atomic mass is 9.78. The maximum atomic E-state index is 8.85.